The lowest BCUT2D eigenvalue weighted by atomic mass is 10.2. The van der Waals surface area contributed by atoms with Crippen LogP contribution in [0.15, 0.2) is 40.9 Å². The molecular formula is C15H15BrFNO. The van der Waals surface area contributed by atoms with E-state index in [2.05, 4.69) is 21.2 Å². The highest BCUT2D eigenvalue weighted by Gasteiger charge is 2.10. The van der Waals surface area contributed by atoms with E-state index in [1.54, 1.807) is 25.1 Å². The number of benzene rings is 2. The molecule has 0 spiro atoms. The fourth-order valence-corrected chi connectivity index (χ4v) is 2.12. The zero-order valence-corrected chi connectivity index (χ0v) is 12.4. The number of halogens is 2. The molecule has 0 aliphatic heterocycles. The van der Waals surface area contributed by atoms with E-state index in [-0.39, 0.29) is 11.6 Å². The molecule has 0 saturated carbocycles. The van der Waals surface area contributed by atoms with Crippen LogP contribution in [0.4, 0.5) is 4.39 Å². The Kier molecular flexibility index (Phi) is 4.56. The van der Waals surface area contributed by atoms with E-state index in [1.165, 1.54) is 0 Å². The number of ether oxygens (including phenoxy) is 1. The number of hydrogen-bond donors (Lipinski definition) is 1. The van der Waals surface area contributed by atoms with Crippen LogP contribution in [0, 0.1) is 12.7 Å². The summed E-state index contributed by atoms with van der Waals surface area (Å²) in [6, 6.07) is 10.9. The van der Waals surface area contributed by atoms with Crippen molar-refractivity contribution in [3.05, 3.63) is 57.8 Å². The molecule has 100 valence electrons. The molecule has 0 aromatic heterocycles. The highest BCUT2D eigenvalue weighted by Crippen LogP contribution is 2.31. The minimum Gasteiger partial charge on any atom is -0.454 e. The van der Waals surface area contributed by atoms with Crippen molar-refractivity contribution in [1.29, 1.82) is 0 Å². The predicted octanol–water partition coefficient (Wildman–Crippen LogP) is 4.41. The molecule has 0 aliphatic rings. The van der Waals surface area contributed by atoms with Gasteiger partial charge in [-0.2, -0.15) is 0 Å². The number of rotatable bonds is 4. The molecule has 2 nitrogen and oxygen atoms in total. The van der Waals surface area contributed by atoms with Gasteiger partial charge in [0, 0.05) is 16.6 Å². The molecule has 0 unspecified atom stereocenters. The van der Waals surface area contributed by atoms with Gasteiger partial charge in [0.15, 0.2) is 11.6 Å². The van der Waals surface area contributed by atoms with Crippen molar-refractivity contribution in [2.24, 2.45) is 0 Å². The summed E-state index contributed by atoms with van der Waals surface area (Å²) in [6.07, 6.45) is 0. The zero-order valence-electron chi connectivity index (χ0n) is 10.8. The third-order valence-electron chi connectivity index (χ3n) is 2.77. The molecule has 0 bridgehead atoms. The molecule has 19 heavy (non-hydrogen) atoms. The number of hydrogen-bond acceptors (Lipinski definition) is 2. The van der Waals surface area contributed by atoms with Gasteiger partial charge in [0.25, 0.3) is 0 Å². The monoisotopic (exact) mass is 323 g/mol. The first-order chi connectivity index (χ1) is 9.11. The van der Waals surface area contributed by atoms with Crippen molar-refractivity contribution in [2.45, 2.75) is 13.5 Å². The van der Waals surface area contributed by atoms with Crippen molar-refractivity contribution in [3.8, 4) is 11.5 Å². The first-order valence-corrected chi connectivity index (χ1v) is 6.77. The average Bonchev–Trinajstić information content (AvgIpc) is 2.38. The molecule has 0 atom stereocenters. The van der Waals surface area contributed by atoms with Gasteiger partial charge < -0.3 is 10.1 Å². The molecule has 0 amide bonds. The van der Waals surface area contributed by atoms with E-state index in [0.29, 0.717) is 17.9 Å². The lowest BCUT2D eigenvalue weighted by Crippen LogP contribution is -2.06. The Hall–Kier alpha value is -1.39. The van der Waals surface area contributed by atoms with Gasteiger partial charge in [0.05, 0.1) is 0 Å². The Morgan fingerprint density at radius 3 is 2.74 bits per heavy atom. The summed E-state index contributed by atoms with van der Waals surface area (Å²) < 4.78 is 20.6. The van der Waals surface area contributed by atoms with Gasteiger partial charge in [0.1, 0.15) is 5.75 Å². The fraction of sp³-hybridized carbons (Fsp3) is 0.200. The molecule has 2 aromatic rings. The van der Waals surface area contributed by atoms with Crippen LogP contribution in [-0.2, 0) is 6.54 Å². The Balaban J connectivity index is 2.36. The van der Waals surface area contributed by atoms with Crippen molar-refractivity contribution < 1.29 is 9.13 Å². The van der Waals surface area contributed by atoms with E-state index in [0.717, 1.165) is 10.0 Å². The molecule has 4 heteroatoms. The molecule has 1 N–H and O–H groups in total. The van der Waals surface area contributed by atoms with E-state index in [4.69, 9.17) is 4.74 Å². The summed E-state index contributed by atoms with van der Waals surface area (Å²) in [5.74, 6) is 0.571. The van der Waals surface area contributed by atoms with Crippen molar-refractivity contribution in [1.82, 2.24) is 5.32 Å². The quantitative estimate of drug-likeness (QED) is 0.899. The maximum Gasteiger partial charge on any atom is 0.168 e. The Labute approximate surface area is 120 Å². The summed E-state index contributed by atoms with van der Waals surface area (Å²) in [5, 5.41) is 3.07. The molecule has 0 radical (unpaired) electrons. The van der Waals surface area contributed by atoms with Gasteiger partial charge in [0.2, 0.25) is 0 Å². The second-order valence-corrected chi connectivity index (χ2v) is 5.19. The second-order valence-electron chi connectivity index (χ2n) is 4.27. The third-order valence-corrected chi connectivity index (χ3v) is 3.27. The van der Waals surface area contributed by atoms with Crippen LogP contribution in [0.5, 0.6) is 11.5 Å². The Morgan fingerprint density at radius 1 is 1.21 bits per heavy atom. The van der Waals surface area contributed by atoms with Crippen LogP contribution in [-0.4, -0.2) is 7.05 Å². The van der Waals surface area contributed by atoms with Crippen molar-refractivity contribution >= 4 is 15.9 Å². The molecule has 0 fully saturated rings. The van der Waals surface area contributed by atoms with E-state index < -0.39 is 0 Å². The first kappa shape index (κ1) is 14.0. The van der Waals surface area contributed by atoms with Gasteiger partial charge in [-0.15, -0.1) is 0 Å². The smallest absolute Gasteiger partial charge is 0.168 e. The average molecular weight is 324 g/mol. The van der Waals surface area contributed by atoms with E-state index >= 15 is 0 Å². The molecule has 0 aliphatic carbocycles. The standard InChI is InChI=1S/C15H15BrFNO/c1-10-4-3-5-13(15(10)17)19-14-8-12(16)7-6-11(14)9-18-2/h3-8,18H,9H2,1-2H3. The van der Waals surface area contributed by atoms with Gasteiger partial charge in [-0.1, -0.05) is 34.1 Å². The van der Waals surface area contributed by atoms with Crippen LogP contribution >= 0.6 is 15.9 Å². The van der Waals surface area contributed by atoms with Gasteiger partial charge in [-0.25, -0.2) is 4.39 Å². The van der Waals surface area contributed by atoms with Gasteiger partial charge >= 0.3 is 0 Å². The van der Waals surface area contributed by atoms with Crippen LogP contribution < -0.4 is 10.1 Å². The van der Waals surface area contributed by atoms with Crippen molar-refractivity contribution in [3.63, 3.8) is 0 Å². The summed E-state index contributed by atoms with van der Waals surface area (Å²) in [6.45, 7) is 2.38. The molecule has 2 aromatic carbocycles. The Bertz CT molecular complexity index is 586. The lowest BCUT2D eigenvalue weighted by molar-refractivity contribution is 0.434. The maximum atomic E-state index is 14.0. The van der Waals surface area contributed by atoms with Crippen LogP contribution in [0.25, 0.3) is 0 Å². The van der Waals surface area contributed by atoms with Gasteiger partial charge in [-0.05, 0) is 37.7 Å². The van der Waals surface area contributed by atoms with Crippen molar-refractivity contribution in [2.75, 3.05) is 7.05 Å². The second kappa shape index (κ2) is 6.17. The summed E-state index contributed by atoms with van der Waals surface area (Å²) in [7, 11) is 1.86. The number of aryl methyl sites for hydroxylation is 1. The lowest BCUT2D eigenvalue weighted by Gasteiger charge is -2.13. The highest BCUT2D eigenvalue weighted by molar-refractivity contribution is 9.10. The SMILES string of the molecule is CNCc1ccc(Br)cc1Oc1cccc(C)c1F. The minimum atomic E-state index is -0.321. The van der Waals surface area contributed by atoms with Crippen LogP contribution in [0.2, 0.25) is 0 Å². The predicted molar refractivity (Wildman–Crippen MR) is 78.1 cm³/mol. The largest absolute Gasteiger partial charge is 0.454 e. The fourth-order valence-electron chi connectivity index (χ4n) is 1.78. The zero-order chi connectivity index (χ0) is 13.8. The number of nitrogens with one attached hydrogen (secondary N) is 1. The summed E-state index contributed by atoms with van der Waals surface area (Å²) in [4.78, 5) is 0. The normalized spacial score (nSPS) is 10.5. The summed E-state index contributed by atoms with van der Waals surface area (Å²) >= 11 is 3.40. The van der Waals surface area contributed by atoms with E-state index in [9.17, 15) is 4.39 Å². The molecular weight excluding hydrogens is 309 g/mol. The van der Waals surface area contributed by atoms with E-state index in [1.807, 2.05) is 25.2 Å². The van der Waals surface area contributed by atoms with Crippen LogP contribution in [0.3, 0.4) is 0 Å². The van der Waals surface area contributed by atoms with Crippen LogP contribution in [0.1, 0.15) is 11.1 Å². The topological polar surface area (TPSA) is 21.3 Å². The summed E-state index contributed by atoms with van der Waals surface area (Å²) in [5.41, 5.74) is 1.55. The first-order valence-electron chi connectivity index (χ1n) is 5.98. The molecule has 0 heterocycles. The highest BCUT2D eigenvalue weighted by atomic mass is 79.9. The van der Waals surface area contributed by atoms with Gasteiger partial charge in [-0.3, -0.25) is 0 Å². The third kappa shape index (κ3) is 3.33. The molecule has 0 saturated heterocycles. The minimum absolute atomic E-state index is 0.246. The maximum absolute atomic E-state index is 14.0. The molecule has 2 rings (SSSR count). The Morgan fingerprint density at radius 2 is 2.00 bits per heavy atom.